The maximum absolute atomic E-state index is 12.1. The Labute approximate surface area is 126 Å². The van der Waals surface area contributed by atoms with Gasteiger partial charge in [0.05, 0.1) is 12.2 Å². The normalized spacial score (nSPS) is 10.8. The number of fused-ring (bicyclic) bond motifs is 1. The maximum Gasteiger partial charge on any atom is 0.260 e. The number of pyridine rings is 2. The van der Waals surface area contributed by atoms with Gasteiger partial charge in [-0.25, -0.2) is 4.98 Å². The molecule has 22 heavy (non-hydrogen) atoms. The lowest BCUT2D eigenvalue weighted by atomic mass is 10.2. The van der Waals surface area contributed by atoms with E-state index in [4.69, 9.17) is 0 Å². The molecule has 3 heterocycles. The molecule has 0 aliphatic rings. The largest absolute Gasteiger partial charge is 0.346 e. The number of aromatic nitrogens is 3. The van der Waals surface area contributed by atoms with Gasteiger partial charge in [-0.05, 0) is 43.7 Å². The van der Waals surface area contributed by atoms with Crippen LogP contribution in [-0.2, 0) is 6.54 Å². The Hall–Kier alpha value is -2.89. The second-order valence-electron chi connectivity index (χ2n) is 5.27. The summed E-state index contributed by atoms with van der Waals surface area (Å²) in [5.41, 5.74) is 3.13. The number of H-pyrrole nitrogens is 1. The lowest BCUT2D eigenvalue weighted by Gasteiger charge is -2.02. The summed E-state index contributed by atoms with van der Waals surface area (Å²) in [5.74, 6) is -0.408. The molecule has 2 N–H and O–H groups in total. The van der Waals surface area contributed by atoms with E-state index in [2.05, 4.69) is 15.3 Å². The lowest BCUT2D eigenvalue weighted by molar-refractivity contribution is 0.0949. The van der Waals surface area contributed by atoms with Gasteiger partial charge in [0.25, 0.3) is 11.5 Å². The zero-order chi connectivity index (χ0) is 15.7. The first-order valence-corrected chi connectivity index (χ1v) is 6.95. The number of imidazole rings is 1. The van der Waals surface area contributed by atoms with Crippen molar-refractivity contribution in [3.8, 4) is 0 Å². The van der Waals surface area contributed by atoms with E-state index in [0.717, 1.165) is 22.6 Å². The molecule has 0 aromatic carbocycles. The molecule has 3 aromatic rings. The van der Waals surface area contributed by atoms with Gasteiger partial charge in [-0.1, -0.05) is 0 Å². The summed E-state index contributed by atoms with van der Waals surface area (Å²) in [4.78, 5) is 30.8. The van der Waals surface area contributed by atoms with E-state index in [1.807, 2.05) is 35.9 Å². The van der Waals surface area contributed by atoms with Crippen LogP contribution < -0.4 is 10.9 Å². The van der Waals surface area contributed by atoms with E-state index in [1.54, 1.807) is 13.0 Å². The van der Waals surface area contributed by atoms with Crippen LogP contribution in [0.2, 0.25) is 0 Å². The zero-order valence-electron chi connectivity index (χ0n) is 12.4. The fourth-order valence-electron chi connectivity index (χ4n) is 2.24. The number of aryl methyl sites for hydroxylation is 2. The van der Waals surface area contributed by atoms with Crippen LogP contribution >= 0.6 is 0 Å². The molecule has 0 fully saturated rings. The molecule has 1 amide bonds. The van der Waals surface area contributed by atoms with Crippen LogP contribution in [0, 0.1) is 13.8 Å². The summed E-state index contributed by atoms with van der Waals surface area (Å²) >= 11 is 0. The molecule has 0 radical (unpaired) electrons. The van der Waals surface area contributed by atoms with E-state index >= 15 is 0 Å². The van der Waals surface area contributed by atoms with Crippen LogP contribution in [0.15, 0.2) is 41.5 Å². The molecule has 0 spiro atoms. The summed E-state index contributed by atoms with van der Waals surface area (Å²) in [6.07, 6.45) is 3.78. The average Bonchev–Trinajstić information content (AvgIpc) is 2.86. The minimum Gasteiger partial charge on any atom is -0.346 e. The van der Waals surface area contributed by atoms with Crippen molar-refractivity contribution >= 4 is 11.6 Å². The van der Waals surface area contributed by atoms with Crippen molar-refractivity contribution in [3.05, 3.63) is 69.5 Å². The lowest BCUT2D eigenvalue weighted by Crippen LogP contribution is -2.29. The number of carbonyl (C=O) groups excluding carboxylic acids is 1. The fraction of sp³-hybridized carbons (Fsp3) is 0.188. The van der Waals surface area contributed by atoms with E-state index in [1.165, 1.54) is 6.07 Å². The second kappa shape index (κ2) is 5.48. The Morgan fingerprint density at radius 1 is 1.32 bits per heavy atom. The number of carbonyl (C=O) groups is 1. The van der Waals surface area contributed by atoms with Crippen molar-refractivity contribution in [3.63, 3.8) is 0 Å². The van der Waals surface area contributed by atoms with Gasteiger partial charge in [-0.2, -0.15) is 0 Å². The highest BCUT2D eigenvalue weighted by Gasteiger charge is 2.11. The van der Waals surface area contributed by atoms with E-state index in [0.29, 0.717) is 0 Å². The van der Waals surface area contributed by atoms with Gasteiger partial charge in [-0.15, -0.1) is 0 Å². The predicted molar refractivity (Wildman–Crippen MR) is 82.9 cm³/mol. The van der Waals surface area contributed by atoms with Gasteiger partial charge in [0, 0.05) is 18.1 Å². The molecule has 0 saturated heterocycles. The molecule has 0 aliphatic carbocycles. The SMILES string of the molecule is Cc1ccn2cc(CNC(=O)c3ccc(C)[nH]c3=O)nc2c1. The van der Waals surface area contributed by atoms with Crippen LogP contribution in [0.3, 0.4) is 0 Å². The van der Waals surface area contributed by atoms with Gasteiger partial charge >= 0.3 is 0 Å². The quantitative estimate of drug-likeness (QED) is 0.770. The molecule has 0 aliphatic heterocycles. The maximum atomic E-state index is 12.1. The van der Waals surface area contributed by atoms with Crippen LogP contribution in [0.1, 0.15) is 27.3 Å². The van der Waals surface area contributed by atoms with E-state index in [9.17, 15) is 9.59 Å². The third-order valence-electron chi connectivity index (χ3n) is 3.40. The molecule has 0 bridgehead atoms. The number of amides is 1. The third kappa shape index (κ3) is 2.76. The minimum absolute atomic E-state index is 0.102. The van der Waals surface area contributed by atoms with Gasteiger partial charge in [-0.3, -0.25) is 9.59 Å². The Bertz CT molecular complexity index is 908. The number of aromatic amines is 1. The number of nitrogens with one attached hydrogen (secondary N) is 2. The van der Waals surface area contributed by atoms with E-state index < -0.39 is 5.91 Å². The smallest absolute Gasteiger partial charge is 0.260 e. The van der Waals surface area contributed by atoms with Crippen molar-refractivity contribution in [2.45, 2.75) is 20.4 Å². The van der Waals surface area contributed by atoms with Gasteiger partial charge < -0.3 is 14.7 Å². The van der Waals surface area contributed by atoms with Gasteiger partial charge in [0.15, 0.2) is 0 Å². The molecule has 3 aromatic heterocycles. The summed E-state index contributed by atoms with van der Waals surface area (Å²) in [5, 5.41) is 2.72. The molecule has 0 saturated carbocycles. The molecule has 0 atom stereocenters. The summed E-state index contributed by atoms with van der Waals surface area (Å²) in [6.45, 7) is 4.04. The highest BCUT2D eigenvalue weighted by Crippen LogP contribution is 2.07. The van der Waals surface area contributed by atoms with Crippen molar-refractivity contribution in [2.24, 2.45) is 0 Å². The monoisotopic (exact) mass is 296 g/mol. The summed E-state index contributed by atoms with van der Waals surface area (Å²) in [6, 6.07) is 7.18. The number of hydrogen-bond acceptors (Lipinski definition) is 3. The van der Waals surface area contributed by atoms with Gasteiger partial charge in [0.2, 0.25) is 0 Å². The van der Waals surface area contributed by atoms with Crippen molar-refractivity contribution in [2.75, 3.05) is 0 Å². The molecule has 112 valence electrons. The average molecular weight is 296 g/mol. The van der Waals surface area contributed by atoms with Crippen LogP contribution in [0.4, 0.5) is 0 Å². The van der Waals surface area contributed by atoms with E-state index in [-0.39, 0.29) is 17.7 Å². The molecule has 0 unspecified atom stereocenters. The number of hydrogen-bond donors (Lipinski definition) is 2. The molecular formula is C16H16N4O2. The van der Waals surface area contributed by atoms with Crippen molar-refractivity contribution in [1.29, 1.82) is 0 Å². The Morgan fingerprint density at radius 2 is 2.14 bits per heavy atom. The zero-order valence-corrected chi connectivity index (χ0v) is 12.4. The second-order valence-corrected chi connectivity index (χ2v) is 5.27. The third-order valence-corrected chi connectivity index (χ3v) is 3.40. The Morgan fingerprint density at radius 3 is 2.91 bits per heavy atom. The van der Waals surface area contributed by atoms with Crippen LogP contribution in [-0.4, -0.2) is 20.3 Å². The Kier molecular flexibility index (Phi) is 3.50. The first-order valence-electron chi connectivity index (χ1n) is 6.95. The van der Waals surface area contributed by atoms with Crippen LogP contribution in [0.5, 0.6) is 0 Å². The molecule has 3 rings (SSSR count). The fourth-order valence-corrected chi connectivity index (χ4v) is 2.24. The highest BCUT2D eigenvalue weighted by molar-refractivity contribution is 5.93. The molecule has 6 nitrogen and oxygen atoms in total. The predicted octanol–water partition coefficient (Wildman–Crippen LogP) is 1.57. The minimum atomic E-state index is -0.408. The first-order chi connectivity index (χ1) is 10.5. The summed E-state index contributed by atoms with van der Waals surface area (Å²) < 4.78 is 1.90. The van der Waals surface area contributed by atoms with Gasteiger partial charge in [0.1, 0.15) is 11.2 Å². The number of nitrogens with zero attached hydrogens (tertiary/aromatic N) is 2. The summed E-state index contributed by atoms with van der Waals surface area (Å²) in [7, 11) is 0. The van der Waals surface area contributed by atoms with Crippen molar-refractivity contribution in [1.82, 2.24) is 19.7 Å². The van der Waals surface area contributed by atoms with Crippen molar-refractivity contribution < 1.29 is 4.79 Å². The Balaban J connectivity index is 1.75. The first kappa shape index (κ1) is 14.1. The molecule has 6 heteroatoms. The molecular weight excluding hydrogens is 280 g/mol. The number of rotatable bonds is 3. The highest BCUT2D eigenvalue weighted by atomic mass is 16.2. The standard InChI is InChI=1S/C16H16N4O2/c1-10-5-6-20-9-12(19-14(20)7-10)8-17-15(21)13-4-3-11(2)18-16(13)22/h3-7,9H,8H2,1-2H3,(H,17,21)(H,18,22). The topological polar surface area (TPSA) is 79.3 Å². The van der Waals surface area contributed by atoms with Crippen LogP contribution in [0.25, 0.3) is 5.65 Å².